The fourth-order valence-corrected chi connectivity index (χ4v) is 0.501. The summed E-state index contributed by atoms with van der Waals surface area (Å²) in [5.74, 6) is -2.21. The quantitative estimate of drug-likeness (QED) is 0.712. The number of ether oxygens (including phenoxy) is 1. The lowest BCUT2D eigenvalue weighted by molar-refractivity contribution is -0.204. The molecule has 0 aromatic rings. The minimum Gasteiger partial charge on any atom is -0.479 e. The third-order valence-corrected chi connectivity index (χ3v) is 1.53. The SMILES string of the molecule is COC(=O)NC(C)(C(=O)O)C(F)(F)F. The number of hydrogen-bond acceptors (Lipinski definition) is 3. The van der Waals surface area contributed by atoms with Gasteiger partial charge in [0, 0.05) is 0 Å². The van der Waals surface area contributed by atoms with E-state index in [0.717, 1.165) is 7.11 Å². The predicted octanol–water partition coefficient (Wildman–Crippen LogP) is 0.748. The fraction of sp³-hybridized carbons (Fsp3) is 0.667. The highest BCUT2D eigenvalue weighted by atomic mass is 19.4. The summed E-state index contributed by atoms with van der Waals surface area (Å²) in [6.07, 6.45) is -6.57. The number of carbonyl (C=O) groups excluding carboxylic acids is 1. The summed E-state index contributed by atoms with van der Waals surface area (Å²) in [6.45, 7) is 0.326. The van der Waals surface area contributed by atoms with Gasteiger partial charge in [-0.2, -0.15) is 13.2 Å². The number of methoxy groups -OCH3 is 1. The van der Waals surface area contributed by atoms with Crippen LogP contribution in [0.5, 0.6) is 0 Å². The third-order valence-electron chi connectivity index (χ3n) is 1.53. The van der Waals surface area contributed by atoms with E-state index < -0.39 is 23.8 Å². The molecule has 8 heteroatoms. The molecule has 0 saturated carbocycles. The van der Waals surface area contributed by atoms with Crippen LogP contribution in [0.3, 0.4) is 0 Å². The zero-order chi connectivity index (χ0) is 11.6. The van der Waals surface area contributed by atoms with E-state index in [1.807, 2.05) is 0 Å². The van der Waals surface area contributed by atoms with E-state index in [1.165, 1.54) is 5.32 Å². The highest BCUT2D eigenvalue weighted by molar-refractivity contribution is 5.84. The van der Waals surface area contributed by atoms with Gasteiger partial charge in [0.1, 0.15) is 0 Å². The number of carboxylic acids is 1. The monoisotopic (exact) mass is 215 g/mol. The molecule has 0 radical (unpaired) electrons. The highest BCUT2D eigenvalue weighted by Gasteiger charge is 2.58. The Bertz CT molecular complexity index is 252. The van der Waals surface area contributed by atoms with E-state index in [4.69, 9.17) is 5.11 Å². The maximum Gasteiger partial charge on any atom is 0.422 e. The summed E-state index contributed by atoms with van der Waals surface area (Å²) < 4.78 is 40.5. The first-order valence-corrected chi connectivity index (χ1v) is 3.31. The number of carbonyl (C=O) groups is 2. The molecule has 0 aliphatic heterocycles. The Morgan fingerprint density at radius 2 is 1.79 bits per heavy atom. The normalized spacial score (nSPS) is 15.5. The molecule has 82 valence electrons. The minimum atomic E-state index is -5.10. The zero-order valence-electron chi connectivity index (χ0n) is 7.31. The molecular weight excluding hydrogens is 207 g/mol. The first-order valence-electron chi connectivity index (χ1n) is 3.31. The molecule has 0 saturated heterocycles. The Kier molecular flexibility index (Phi) is 3.33. The third kappa shape index (κ3) is 2.27. The highest BCUT2D eigenvalue weighted by Crippen LogP contribution is 2.30. The largest absolute Gasteiger partial charge is 0.479 e. The fourth-order valence-electron chi connectivity index (χ4n) is 0.501. The first-order chi connectivity index (χ1) is 6.15. The molecule has 0 bridgehead atoms. The molecule has 0 fully saturated rings. The number of alkyl halides is 3. The van der Waals surface area contributed by atoms with Gasteiger partial charge < -0.3 is 9.84 Å². The molecule has 0 heterocycles. The second kappa shape index (κ2) is 3.72. The topological polar surface area (TPSA) is 75.6 Å². The van der Waals surface area contributed by atoms with E-state index >= 15 is 0 Å². The molecule has 1 amide bonds. The molecule has 2 N–H and O–H groups in total. The van der Waals surface area contributed by atoms with Gasteiger partial charge >= 0.3 is 18.2 Å². The molecule has 14 heavy (non-hydrogen) atoms. The molecule has 0 aromatic heterocycles. The number of alkyl carbamates (subject to hydrolysis) is 1. The van der Waals surface area contributed by atoms with Gasteiger partial charge in [-0.05, 0) is 6.92 Å². The zero-order valence-corrected chi connectivity index (χ0v) is 7.31. The van der Waals surface area contributed by atoms with Gasteiger partial charge in [-0.3, -0.25) is 5.32 Å². The Morgan fingerprint density at radius 1 is 1.36 bits per heavy atom. The number of rotatable bonds is 2. The van der Waals surface area contributed by atoms with Crippen molar-refractivity contribution >= 4 is 12.1 Å². The number of amides is 1. The number of halogens is 3. The molecule has 0 rings (SSSR count). The van der Waals surface area contributed by atoms with Crippen LogP contribution in [0.1, 0.15) is 6.92 Å². The van der Waals surface area contributed by atoms with Crippen LogP contribution in [0.2, 0.25) is 0 Å². The summed E-state index contributed by atoms with van der Waals surface area (Å²) in [6, 6.07) is 0. The molecule has 0 spiro atoms. The lowest BCUT2D eigenvalue weighted by atomic mass is 10.0. The minimum absolute atomic E-state index is 0.326. The van der Waals surface area contributed by atoms with Crippen molar-refractivity contribution in [2.24, 2.45) is 0 Å². The average molecular weight is 215 g/mol. The second-order valence-electron chi connectivity index (χ2n) is 2.54. The van der Waals surface area contributed by atoms with E-state index in [2.05, 4.69) is 4.74 Å². The van der Waals surface area contributed by atoms with Crippen LogP contribution in [0, 0.1) is 0 Å². The Labute approximate surface area is 76.8 Å². The summed E-state index contributed by atoms with van der Waals surface area (Å²) >= 11 is 0. The van der Waals surface area contributed by atoms with Crippen molar-refractivity contribution < 1.29 is 32.6 Å². The van der Waals surface area contributed by atoms with Crippen molar-refractivity contribution in [2.45, 2.75) is 18.6 Å². The summed E-state index contributed by atoms with van der Waals surface area (Å²) in [4.78, 5) is 20.8. The Morgan fingerprint density at radius 3 is 2.00 bits per heavy atom. The van der Waals surface area contributed by atoms with Gasteiger partial charge in [-0.1, -0.05) is 0 Å². The van der Waals surface area contributed by atoms with E-state index in [1.54, 1.807) is 0 Å². The standard InChI is InChI=1S/C6H8F3NO4/c1-5(3(11)12,6(7,8)9)10-4(13)14-2/h1-2H3,(H,10,13)(H,11,12). The maximum absolute atomic E-state index is 12.2. The number of nitrogens with one attached hydrogen (secondary N) is 1. The predicted molar refractivity (Wildman–Crippen MR) is 37.6 cm³/mol. The van der Waals surface area contributed by atoms with Crippen molar-refractivity contribution in [3.05, 3.63) is 0 Å². The molecule has 0 aromatic carbocycles. The van der Waals surface area contributed by atoms with Crippen molar-refractivity contribution in [1.82, 2.24) is 5.32 Å². The number of aliphatic carboxylic acids is 1. The molecule has 1 unspecified atom stereocenters. The number of hydrogen-bond donors (Lipinski definition) is 2. The van der Waals surface area contributed by atoms with Crippen LogP contribution in [-0.2, 0) is 9.53 Å². The van der Waals surface area contributed by atoms with Crippen LogP contribution in [0.15, 0.2) is 0 Å². The van der Waals surface area contributed by atoms with Gasteiger partial charge in [0.15, 0.2) is 0 Å². The van der Waals surface area contributed by atoms with E-state index in [9.17, 15) is 22.8 Å². The van der Waals surface area contributed by atoms with Crippen molar-refractivity contribution in [3.63, 3.8) is 0 Å². The lowest BCUT2D eigenvalue weighted by Crippen LogP contribution is -2.61. The summed E-state index contributed by atoms with van der Waals surface area (Å²) in [5, 5.41) is 9.52. The van der Waals surface area contributed by atoms with Gasteiger partial charge in [-0.25, -0.2) is 9.59 Å². The van der Waals surface area contributed by atoms with Crippen LogP contribution in [0.25, 0.3) is 0 Å². The van der Waals surface area contributed by atoms with Gasteiger partial charge in [0.2, 0.25) is 5.54 Å². The smallest absolute Gasteiger partial charge is 0.422 e. The summed E-state index contributed by atoms with van der Waals surface area (Å²) in [5.41, 5.74) is -3.35. The molecule has 5 nitrogen and oxygen atoms in total. The summed E-state index contributed by atoms with van der Waals surface area (Å²) in [7, 11) is 0.827. The van der Waals surface area contributed by atoms with Crippen LogP contribution < -0.4 is 5.32 Å². The van der Waals surface area contributed by atoms with E-state index in [0.29, 0.717) is 6.92 Å². The van der Waals surface area contributed by atoms with Crippen molar-refractivity contribution in [1.29, 1.82) is 0 Å². The van der Waals surface area contributed by atoms with Crippen molar-refractivity contribution in [3.8, 4) is 0 Å². The van der Waals surface area contributed by atoms with E-state index in [-0.39, 0.29) is 0 Å². The van der Waals surface area contributed by atoms with Gasteiger partial charge in [0.25, 0.3) is 0 Å². The van der Waals surface area contributed by atoms with Crippen LogP contribution in [0.4, 0.5) is 18.0 Å². The Hall–Kier alpha value is -1.47. The second-order valence-corrected chi connectivity index (χ2v) is 2.54. The molecule has 0 aliphatic rings. The molecular formula is C6H8F3NO4. The average Bonchev–Trinajstić information content (AvgIpc) is 2.01. The maximum atomic E-state index is 12.2. The molecule has 0 aliphatic carbocycles. The Balaban J connectivity index is 4.93. The van der Waals surface area contributed by atoms with Gasteiger partial charge in [-0.15, -0.1) is 0 Å². The lowest BCUT2D eigenvalue weighted by Gasteiger charge is -2.27. The van der Waals surface area contributed by atoms with Crippen molar-refractivity contribution in [2.75, 3.05) is 7.11 Å². The first kappa shape index (κ1) is 12.5. The van der Waals surface area contributed by atoms with Crippen LogP contribution >= 0.6 is 0 Å². The molecule has 1 atom stereocenters. The van der Waals surface area contributed by atoms with Gasteiger partial charge in [0.05, 0.1) is 7.11 Å². The van der Waals surface area contributed by atoms with Crippen LogP contribution in [-0.4, -0.2) is 36.0 Å². The number of carboxylic acid groups (broad SMARTS) is 1.